The molecule has 134 valence electrons. The molecular formula is C20H20ClN3O2. The molecule has 2 N–H and O–H groups in total. The number of halogens is 1. The number of rotatable bonds is 8. The van der Waals surface area contributed by atoms with E-state index in [4.69, 9.17) is 16.9 Å². The van der Waals surface area contributed by atoms with Crippen molar-refractivity contribution in [1.82, 2.24) is 10.6 Å². The van der Waals surface area contributed by atoms with E-state index < -0.39 is 6.04 Å². The number of alkyl halides is 1. The minimum absolute atomic E-state index is 0.218. The normalized spacial score (nSPS) is 11.2. The predicted octanol–water partition coefficient (Wildman–Crippen LogP) is 2.80. The largest absolute Gasteiger partial charge is 0.353 e. The van der Waals surface area contributed by atoms with Gasteiger partial charge in [0.1, 0.15) is 6.04 Å². The Morgan fingerprint density at radius 3 is 2.50 bits per heavy atom. The average Bonchev–Trinajstić information content (AvgIpc) is 2.68. The lowest BCUT2D eigenvalue weighted by Gasteiger charge is -2.18. The van der Waals surface area contributed by atoms with E-state index in [-0.39, 0.29) is 24.8 Å². The van der Waals surface area contributed by atoms with Crippen LogP contribution in [0.5, 0.6) is 0 Å². The van der Waals surface area contributed by atoms with Crippen molar-refractivity contribution in [3.63, 3.8) is 0 Å². The zero-order valence-corrected chi connectivity index (χ0v) is 15.0. The number of nitriles is 1. The van der Waals surface area contributed by atoms with Gasteiger partial charge in [-0.1, -0.05) is 42.5 Å². The van der Waals surface area contributed by atoms with Gasteiger partial charge in [0.05, 0.1) is 12.5 Å². The molecule has 0 aliphatic heterocycles. The maximum absolute atomic E-state index is 12.6. The van der Waals surface area contributed by atoms with Crippen LogP contribution in [0.1, 0.15) is 27.9 Å². The summed E-state index contributed by atoms with van der Waals surface area (Å²) in [7, 11) is 0. The Kier molecular flexibility index (Phi) is 7.66. The van der Waals surface area contributed by atoms with Crippen molar-refractivity contribution in [2.45, 2.75) is 24.8 Å². The number of hydrogen-bond acceptors (Lipinski definition) is 3. The van der Waals surface area contributed by atoms with Gasteiger partial charge in [0.15, 0.2) is 0 Å². The Labute approximate surface area is 158 Å². The van der Waals surface area contributed by atoms with Gasteiger partial charge >= 0.3 is 0 Å². The molecule has 0 saturated heterocycles. The van der Waals surface area contributed by atoms with E-state index in [1.807, 2.05) is 42.5 Å². The van der Waals surface area contributed by atoms with Crippen LogP contribution < -0.4 is 10.6 Å². The highest BCUT2D eigenvalue weighted by Gasteiger charge is 2.21. The van der Waals surface area contributed by atoms with Crippen LogP contribution in [-0.2, 0) is 17.1 Å². The van der Waals surface area contributed by atoms with E-state index in [2.05, 4.69) is 10.6 Å². The highest BCUT2D eigenvalue weighted by Crippen LogP contribution is 2.09. The van der Waals surface area contributed by atoms with E-state index in [0.29, 0.717) is 17.9 Å². The number of carbonyl (C=O) groups excluding carboxylic acids is 2. The number of benzene rings is 2. The average molecular weight is 370 g/mol. The molecule has 26 heavy (non-hydrogen) atoms. The van der Waals surface area contributed by atoms with Gasteiger partial charge in [0.2, 0.25) is 5.91 Å². The van der Waals surface area contributed by atoms with Crippen molar-refractivity contribution in [3.8, 4) is 6.07 Å². The van der Waals surface area contributed by atoms with Crippen LogP contribution in [-0.4, -0.2) is 24.4 Å². The van der Waals surface area contributed by atoms with Gasteiger partial charge in [-0.25, -0.2) is 0 Å². The zero-order chi connectivity index (χ0) is 18.8. The molecule has 0 fully saturated rings. The highest BCUT2D eigenvalue weighted by atomic mass is 35.5. The van der Waals surface area contributed by atoms with E-state index in [0.717, 1.165) is 11.1 Å². The van der Waals surface area contributed by atoms with Crippen LogP contribution in [0.25, 0.3) is 0 Å². The van der Waals surface area contributed by atoms with E-state index >= 15 is 0 Å². The molecule has 2 aromatic rings. The topological polar surface area (TPSA) is 82.0 Å². The van der Waals surface area contributed by atoms with Crippen LogP contribution >= 0.6 is 11.6 Å². The summed E-state index contributed by atoms with van der Waals surface area (Å²) in [5.41, 5.74) is 2.21. The fourth-order valence-electron chi connectivity index (χ4n) is 2.46. The molecule has 2 aromatic carbocycles. The zero-order valence-electron chi connectivity index (χ0n) is 14.2. The Morgan fingerprint density at radius 1 is 1.08 bits per heavy atom. The Bertz CT molecular complexity index is 787. The molecule has 2 rings (SSSR count). The van der Waals surface area contributed by atoms with Gasteiger partial charge in [-0.05, 0) is 23.3 Å². The molecule has 1 atom stereocenters. The van der Waals surface area contributed by atoms with Crippen molar-refractivity contribution < 1.29 is 9.59 Å². The van der Waals surface area contributed by atoms with Gasteiger partial charge in [0.25, 0.3) is 5.91 Å². The van der Waals surface area contributed by atoms with E-state index in [1.165, 1.54) is 0 Å². The fourth-order valence-corrected chi connectivity index (χ4v) is 2.63. The lowest BCUT2D eigenvalue weighted by molar-refractivity contribution is -0.122. The summed E-state index contributed by atoms with van der Waals surface area (Å²) in [5, 5.41) is 14.1. The monoisotopic (exact) mass is 369 g/mol. The fraction of sp³-hybridized carbons (Fsp3) is 0.250. The summed E-state index contributed by atoms with van der Waals surface area (Å²) in [6.07, 6.45) is 0.579. The summed E-state index contributed by atoms with van der Waals surface area (Å²) in [5.74, 6) is -0.345. The molecule has 0 bridgehead atoms. The van der Waals surface area contributed by atoms with Crippen molar-refractivity contribution in [2.24, 2.45) is 0 Å². The van der Waals surface area contributed by atoms with Crippen molar-refractivity contribution in [3.05, 3.63) is 71.3 Å². The second-order valence-corrected chi connectivity index (χ2v) is 6.02. The van der Waals surface area contributed by atoms with Crippen molar-refractivity contribution in [2.75, 3.05) is 6.54 Å². The van der Waals surface area contributed by atoms with Gasteiger partial charge in [-0.15, -0.1) is 11.6 Å². The van der Waals surface area contributed by atoms with Crippen LogP contribution in [0.15, 0.2) is 54.6 Å². The summed E-state index contributed by atoms with van der Waals surface area (Å²) >= 11 is 5.82. The third-order valence-corrected chi connectivity index (χ3v) is 4.09. The Morgan fingerprint density at radius 2 is 1.81 bits per heavy atom. The number of nitrogens with one attached hydrogen (secondary N) is 2. The summed E-state index contributed by atoms with van der Waals surface area (Å²) in [6.45, 7) is 0.248. The maximum atomic E-state index is 12.6. The van der Waals surface area contributed by atoms with Crippen molar-refractivity contribution in [1.29, 1.82) is 5.26 Å². The SMILES string of the molecule is N#CCCNC(=O)C(Cc1ccccc1)NC(=O)c1cccc(CCl)c1. The van der Waals surface area contributed by atoms with E-state index in [9.17, 15) is 9.59 Å². The molecule has 0 spiro atoms. The van der Waals surface area contributed by atoms with Crippen LogP contribution in [0, 0.1) is 11.3 Å². The third kappa shape index (κ3) is 5.91. The summed E-state index contributed by atoms with van der Waals surface area (Å²) in [4.78, 5) is 25.0. The second-order valence-electron chi connectivity index (χ2n) is 5.75. The standard InChI is InChI=1S/C20H20ClN3O2/c21-14-16-8-4-9-17(12-16)19(25)24-18(20(26)23-11-5-10-22)13-15-6-2-1-3-7-15/h1-4,6-9,12,18H,5,11,13-14H2,(H,23,26)(H,24,25). The molecule has 0 aliphatic carbocycles. The van der Waals surface area contributed by atoms with Gasteiger partial charge in [0, 0.05) is 24.4 Å². The maximum Gasteiger partial charge on any atom is 0.251 e. The molecule has 0 heterocycles. The smallest absolute Gasteiger partial charge is 0.251 e. The number of carbonyl (C=O) groups is 2. The lowest BCUT2D eigenvalue weighted by atomic mass is 10.0. The van der Waals surface area contributed by atoms with Crippen molar-refractivity contribution >= 4 is 23.4 Å². The molecule has 0 aliphatic rings. The molecule has 6 heteroatoms. The second kappa shape index (κ2) is 10.2. The first-order valence-corrected chi connectivity index (χ1v) is 8.82. The van der Waals surface area contributed by atoms with Crippen LogP contribution in [0.2, 0.25) is 0 Å². The Balaban J connectivity index is 2.12. The van der Waals surface area contributed by atoms with E-state index in [1.54, 1.807) is 18.2 Å². The first kappa shape index (κ1) is 19.5. The Hall–Kier alpha value is -2.84. The van der Waals surface area contributed by atoms with Gasteiger partial charge in [-0.2, -0.15) is 5.26 Å². The highest BCUT2D eigenvalue weighted by molar-refractivity contribution is 6.17. The number of hydrogen-bond donors (Lipinski definition) is 2. The minimum Gasteiger partial charge on any atom is -0.353 e. The molecule has 0 aromatic heterocycles. The third-order valence-electron chi connectivity index (χ3n) is 3.78. The number of nitrogens with zero attached hydrogens (tertiary/aromatic N) is 1. The minimum atomic E-state index is -0.733. The predicted molar refractivity (Wildman–Crippen MR) is 101 cm³/mol. The quantitative estimate of drug-likeness (QED) is 0.554. The molecular weight excluding hydrogens is 350 g/mol. The number of amides is 2. The molecule has 2 amide bonds. The van der Waals surface area contributed by atoms with Gasteiger partial charge < -0.3 is 10.6 Å². The van der Waals surface area contributed by atoms with Crippen LogP contribution in [0.4, 0.5) is 0 Å². The summed E-state index contributed by atoms with van der Waals surface area (Å²) in [6, 6.07) is 17.7. The summed E-state index contributed by atoms with van der Waals surface area (Å²) < 4.78 is 0. The molecule has 5 nitrogen and oxygen atoms in total. The van der Waals surface area contributed by atoms with Gasteiger partial charge in [-0.3, -0.25) is 9.59 Å². The molecule has 1 unspecified atom stereocenters. The van der Waals surface area contributed by atoms with Crippen LogP contribution in [0.3, 0.4) is 0 Å². The first-order valence-electron chi connectivity index (χ1n) is 8.28. The molecule has 0 saturated carbocycles. The lowest BCUT2D eigenvalue weighted by Crippen LogP contribution is -2.48. The molecule has 0 radical (unpaired) electrons. The first-order chi connectivity index (χ1) is 12.6.